The normalized spacial score (nSPS) is 17.3. The fourth-order valence-corrected chi connectivity index (χ4v) is 4.07. The molecule has 1 amide bonds. The van der Waals surface area contributed by atoms with Crippen molar-refractivity contribution in [1.82, 2.24) is 9.80 Å². The number of amides is 1. The van der Waals surface area contributed by atoms with E-state index in [1.165, 1.54) is 18.1 Å². The molecule has 0 unspecified atom stereocenters. The highest BCUT2D eigenvalue weighted by molar-refractivity contribution is 6.46. The molecule has 1 heterocycles. The van der Waals surface area contributed by atoms with Crippen LogP contribution in [0.4, 0.5) is 0 Å². The molecule has 188 valence electrons. The van der Waals surface area contributed by atoms with E-state index >= 15 is 0 Å². The molecule has 2 N–H and O–H groups in total. The maximum atomic E-state index is 13.2. The lowest BCUT2D eigenvalue weighted by Crippen LogP contribution is -2.35. The highest BCUT2D eigenvalue weighted by Crippen LogP contribution is 2.42. The van der Waals surface area contributed by atoms with Crippen LogP contribution in [-0.4, -0.2) is 72.6 Å². The Kier molecular flexibility index (Phi) is 8.40. The number of ketones is 1. The zero-order valence-electron chi connectivity index (χ0n) is 21.0. The second-order valence-electron chi connectivity index (χ2n) is 8.91. The average molecular weight is 483 g/mol. The fourth-order valence-electron chi connectivity index (χ4n) is 4.07. The average Bonchev–Trinajstić information content (AvgIpc) is 3.08. The van der Waals surface area contributed by atoms with E-state index in [0.717, 1.165) is 18.4 Å². The number of aliphatic hydroxyl groups excluding tert-OH is 1. The van der Waals surface area contributed by atoms with E-state index in [1.807, 2.05) is 25.9 Å². The van der Waals surface area contributed by atoms with Crippen LogP contribution in [-0.2, 0) is 9.59 Å². The smallest absolute Gasteiger partial charge is 0.295 e. The van der Waals surface area contributed by atoms with Crippen LogP contribution >= 0.6 is 0 Å². The highest BCUT2D eigenvalue weighted by Gasteiger charge is 2.46. The second kappa shape index (κ2) is 11.3. The topological polar surface area (TPSA) is 99.5 Å². The maximum Gasteiger partial charge on any atom is 0.295 e. The van der Waals surface area contributed by atoms with Gasteiger partial charge in [0.15, 0.2) is 11.5 Å². The summed E-state index contributed by atoms with van der Waals surface area (Å²) in [6.07, 6.45) is 1.96. The Labute approximate surface area is 206 Å². The van der Waals surface area contributed by atoms with Gasteiger partial charge in [-0.05, 0) is 68.9 Å². The number of hydrogen-bond donors (Lipinski definition) is 2. The van der Waals surface area contributed by atoms with Crippen LogP contribution in [0, 0.1) is 6.92 Å². The Morgan fingerprint density at radius 2 is 1.86 bits per heavy atom. The Balaban J connectivity index is 2.10. The number of carbonyl (C=O) groups excluding carboxylic acids is 2. The van der Waals surface area contributed by atoms with E-state index in [1.54, 1.807) is 30.3 Å². The molecule has 2 aromatic rings. The summed E-state index contributed by atoms with van der Waals surface area (Å²) in [5.41, 5.74) is 1.79. The Morgan fingerprint density at radius 3 is 2.49 bits per heavy atom. The van der Waals surface area contributed by atoms with E-state index in [9.17, 15) is 19.8 Å². The summed E-state index contributed by atoms with van der Waals surface area (Å²) >= 11 is 0. The summed E-state index contributed by atoms with van der Waals surface area (Å²) in [5, 5.41) is 21.4. The molecule has 0 bridgehead atoms. The minimum Gasteiger partial charge on any atom is -0.507 e. The summed E-state index contributed by atoms with van der Waals surface area (Å²) < 4.78 is 11.0. The van der Waals surface area contributed by atoms with E-state index in [2.05, 4.69) is 6.92 Å². The predicted molar refractivity (Wildman–Crippen MR) is 134 cm³/mol. The van der Waals surface area contributed by atoms with Crippen molar-refractivity contribution in [1.29, 1.82) is 0 Å². The lowest BCUT2D eigenvalue weighted by atomic mass is 9.94. The van der Waals surface area contributed by atoms with Crippen LogP contribution in [0.25, 0.3) is 5.76 Å². The Hall–Kier alpha value is -3.52. The van der Waals surface area contributed by atoms with Gasteiger partial charge in [-0.2, -0.15) is 0 Å². The van der Waals surface area contributed by atoms with E-state index in [-0.39, 0.29) is 29.4 Å². The first-order valence-electron chi connectivity index (χ1n) is 11.7. The number of carbonyl (C=O) groups is 2. The molecule has 2 aromatic carbocycles. The molecule has 1 aliphatic heterocycles. The summed E-state index contributed by atoms with van der Waals surface area (Å²) in [5.74, 6) is -0.820. The molecule has 1 fully saturated rings. The molecular weight excluding hydrogens is 448 g/mol. The van der Waals surface area contributed by atoms with E-state index in [0.29, 0.717) is 30.0 Å². The van der Waals surface area contributed by atoms with Crippen molar-refractivity contribution in [3.63, 3.8) is 0 Å². The number of aromatic hydroxyl groups is 1. The minimum absolute atomic E-state index is 0.000510. The molecule has 3 rings (SSSR count). The van der Waals surface area contributed by atoms with Gasteiger partial charge in [0.05, 0.1) is 25.3 Å². The van der Waals surface area contributed by atoms with Gasteiger partial charge >= 0.3 is 0 Å². The molecule has 0 aromatic heterocycles. The Bertz CT molecular complexity index is 1120. The number of likely N-dealkylation sites (N-methyl/N-ethyl adjacent to an activating group) is 1. The number of phenols is 1. The molecule has 0 saturated carbocycles. The maximum absolute atomic E-state index is 13.2. The van der Waals surface area contributed by atoms with Crippen LogP contribution in [0.2, 0.25) is 0 Å². The van der Waals surface area contributed by atoms with Crippen molar-refractivity contribution in [2.45, 2.75) is 32.7 Å². The van der Waals surface area contributed by atoms with Crippen LogP contribution in [0.15, 0.2) is 42.0 Å². The largest absolute Gasteiger partial charge is 0.507 e. The standard InChI is InChI=1S/C27H34N2O6/c1-6-7-14-35-21-11-9-19(15-17(21)2)25(31)23-24(18-8-10-20(30)22(16-18)34-5)29(13-12-28(3)4)27(33)26(23)32/h8-11,15-16,24,30-31H,6-7,12-14H2,1-5H3/b25-23+/t24-/m0/s1. The van der Waals surface area contributed by atoms with Gasteiger partial charge in [-0.25, -0.2) is 0 Å². The SMILES string of the molecule is CCCCOc1ccc(/C(O)=C2\C(=O)C(=O)N(CCN(C)C)[C@H]2c2ccc(O)c(OC)c2)cc1C. The number of likely N-dealkylation sites (tertiary alicyclic amines) is 1. The number of methoxy groups -OCH3 is 1. The van der Waals surface area contributed by atoms with Crippen molar-refractivity contribution < 1.29 is 29.3 Å². The highest BCUT2D eigenvalue weighted by atomic mass is 16.5. The third-order valence-electron chi connectivity index (χ3n) is 6.05. The van der Waals surface area contributed by atoms with Crippen molar-refractivity contribution in [3.05, 3.63) is 58.7 Å². The van der Waals surface area contributed by atoms with Gasteiger partial charge in [-0.15, -0.1) is 0 Å². The predicted octanol–water partition coefficient (Wildman–Crippen LogP) is 3.87. The van der Waals surface area contributed by atoms with E-state index in [4.69, 9.17) is 9.47 Å². The number of Topliss-reactive ketones (excluding diaryl/α,β-unsaturated/α-hetero) is 1. The summed E-state index contributed by atoms with van der Waals surface area (Å²) in [6, 6.07) is 9.03. The van der Waals surface area contributed by atoms with Gasteiger partial charge in [0.2, 0.25) is 0 Å². The lowest BCUT2D eigenvalue weighted by Gasteiger charge is -2.27. The summed E-state index contributed by atoms with van der Waals surface area (Å²) in [4.78, 5) is 29.6. The van der Waals surface area contributed by atoms with Crippen LogP contribution < -0.4 is 9.47 Å². The summed E-state index contributed by atoms with van der Waals surface area (Å²) in [6.45, 7) is 5.37. The van der Waals surface area contributed by atoms with Crippen molar-refractivity contribution >= 4 is 17.4 Å². The number of unbranched alkanes of at least 4 members (excludes halogenated alkanes) is 1. The van der Waals surface area contributed by atoms with Gasteiger partial charge in [-0.3, -0.25) is 9.59 Å². The minimum atomic E-state index is -0.828. The second-order valence-corrected chi connectivity index (χ2v) is 8.91. The fraction of sp³-hybridized carbons (Fsp3) is 0.407. The van der Waals surface area contributed by atoms with Gasteiger partial charge in [0.25, 0.3) is 11.7 Å². The number of ether oxygens (including phenoxy) is 2. The molecule has 8 heteroatoms. The van der Waals surface area contributed by atoms with E-state index < -0.39 is 17.7 Å². The molecule has 0 aliphatic carbocycles. The van der Waals surface area contributed by atoms with Crippen molar-refractivity contribution in [3.8, 4) is 17.2 Å². The van der Waals surface area contributed by atoms with Crippen LogP contribution in [0.1, 0.15) is 42.5 Å². The molecular formula is C27H34N2O6. The molecule has 35 heavy (non-hydrogen) atoms. The zero-order chi connectivity index (χ0) is 25.7. The third-order valence-corrected chi connectivity index (χ3v) is 6.05. The van der Waals surface area contributed by atoms with Crippen LogP contribution in [0.5, 0.6) is 17.2 Å². The zero-order valence-corrected chi connectivity index (χ0v) is 21.0. The number of aryl methyl sites for hydroxylation is 1. The molecule has 8 nitrogen and oxygen atoms in total. The lowest BCUT2D eigenvalue weighted by molar-refractivity contribution is -0.140. The molecule has 1 atom stereocenters. The molecule has 1 aliphatic rings. The first kappa shape index (κ1) is 26.1. The number of phenolic OH excluding ortho intramolecular Hbond substituents is 1. The van der Waals surface area contributed by atoms with Gasteiger partial charge in [0.1, 0.15) is 11.5 Å². The van der Waals surface area contributed by atoms with Gasteiger partial charge in [0, 0.05) is 18.7 Å². The van der Waals surface area contributed by atoms with Crippen molar-refractivity contribution in [2.24, 2.45) is 0 Å². The third kappa shape index (κ3) is 5.59. The molecule has 0 radical (unpaired) electrons. The van der Waals surface area contributed by atoms with Gasteiger partial charge in [-0.1, -0.05) is 19.4 Å². The number of aliphatic hydroxyl groups is 1. The first-order chi connectivity index (χ1) is 16.7. The van der Waals surface area contributed by atoms with Crippen LogP contribution in [0.3, 0.4) is 0 Å². The Morgan fingerprint density at radius 1 is 1.11 bits per heavy atom. The van der Waals surface area contributed by atoms with Crippen molar-refractivity contribution in [2.75, 3.05) is 40.9 Å². The van der Waals surface area contributed by atoms with Gasteiger partial charge < -0.3 is 29.5 Å². The quantitative estimate of drug-likeness (QED) is 0.230. The summed E-state index contributed by atoms with van der Waals surface area (Å²) in [7, 11) is 5.18. The number of hydrogen-bond acceptors (Lipinski definition) is 7. The number of rotatable bonds is 10. The first-order valence-corrected chi connectivity index (χ1v) is 11.7. The monoisotopic (exact) mass is 482 g/mol. The number of nitrogens with zero attached hydrogens (tertiary/aromatic N) is 2. The number of benzene rings is 2. The molecule has 1 saturated heterocycles. The molecule has 0 spiro atoms.